The summed E-state index contributed by atoms with van der Waals surface area (Å²) in [4.78, 5) is 13.9. The minimum Gasteiger partial charge on any atom is -0.377 e. The van der Waals surface area contributed by atoms with Crippen molar-refractivity contribution in [1.29, 1.82) is 0 Å². The van der Waals surface area contributed by atoms with Crippen LogP contribution in [0, 0.1) is 10.1 Å². The molecule has 18 heavy (non-hydrogen) atoms. The summed E-state index contributed by atoms with van der Waals surface area (Å²) in [5.74, 6) is -0.0241. The Morgan fingerprint density at radius 3 is 2.72 bits per heavy atom. The molecule has 0 unspecified atom stereocenters. The summed E-state index contributed by atoms with van der Waals surface area (Å²) in [6, 6.07) is 0. The van der Waals surface area contributed by atoms with E-state index in [2.05, 4.69) is 26.2 Å². The van der Waals surface area contributed by atoms with E-state index in [1.165, 1.54) is 6.20 Å². The van der Waals surface area contributed by atoms with Gasteiger partial charge in [0.25, 0.3) is 0 Å². The number of nitrogens with zero attached hydrogens (tertiary/aromatic N) is 2. The lowest BCUT2D eigenvalue weighted by Gasteiger charge is -2.08. The zero-order valence-corrected chi connectivity index (χ0v) is 12.0. The number of nitrogens with one attached hydrogen (secondary N) is 1. The van der Waals surface area contributed by atoms with E-state index in [1.54, 1.807) is 6.92 Å². The molecule has 1 aromatic rings. The molecule has 9 heteroatoms. The topological polar surface area (TPSA) is 102 Å². The molecule has 0 aliphatic rings. The lowest BCUT2D eigenvalue weighted by Crippen LogP contribution is -2.17. The maximum Gasteiger partial charge on any atom is 0.311 e. The van der Waals surface area contributed by atoms with E-state index in [0.29, 0.717) is 4.47 Å². The highest BCUT2D eigenvalue weighted by molar-refractivity contribution is 9.10. The molecule has 7 nitrogen and oxygen atoms in total. The monoisotopic (exact) mass is 337 g/mol. The highest BCUT2D eigenvalue weighted by Crippen LogP contribution is 2.30. The number of sulfone groups is 1. The van der Waals surface area contributed by atoms with Gasteiger partial charge in [0.1, 0.15) is 11.9 Å². The Balaban J connectivity index is 2.82. The molecule has 0 aliphatic carbocycles. The van der Waals surface area contributed by atoms with Gasteiger partial charge in [-0.05, 0) is 15.9 Å². The number of nitro groups is 1. The molecular formula is C9H12BrN3O4S. The van der Waals surface area contributed by atoms with Crippen molar-refractivity contribution in [2.24, 2.45) is 0 Å². The zero-order valence-electron chi connectivity index (χ0n) is 9.59. The Morgan fingerprint density at radius 1 is 1.50 bits per heavy atom. The van der Waals surface area contributed by atoms with Gasteiger partial charge >= 0.3 is 5.69 Å². The van der Waals surface area contributed by atoms with Gasteiger partial charge in [-0.2, -0.15) is 0 Å². The average Bonchev–Trinajstić information content (AvgIpc) is 2.30. The number of hydrogen-bond acceptors (Lipinski definition) is 6. The van der Waals surface area contributed by atoms with E-state index < -0.39 is 14.8 Å². The van der Waals surface area contributed by atoms with Gasteiger partial charge in [-0.25, -0.2) is 8.42 Å². The summed E-state index contributed by atoms with van der Waals surface area (Å²) < 4.78 is 23.0. The maximum atomic E-state index is 11.3. The van der Waals surface area contributed by atoms with Gasteiger partial charge in [0.05, 0.1) is 15.1 Å². The van der Waals surface area contributed by atoms with Crippen LogP contribution in [-0.2, 0) is 9.84 Å². The molecule has 1 N–H and O–H groups in total. The van der Waals surface area contributed by atoms with Crippen molar-refractivity contribution in [2.75, 3.05) is 23.4 Å². The number of pyridine rings is 1. The summed E-state index contributed by atoms with van der Waals surface area (Å²) in [5.41, 5.74) is 0.0413. The van der Waals surface area contributed by atoms with Crippen LogP contribution in [0.2, 0.25) is 0 Å². The third-order valence-electron chi connectivity index (χ3n) is 2.23. The van der Waals surface area contributed by atoms with Gasteiger partial charge in [0, 0.05) is 18.5 Å². The predicted octanol–water partition coefficient (Wildman–Crippen LogP) is 1.60. The molecule has 0 saturated heterocycles. The Morgan fingerprint density at radius 2 is 2.17 bits per heavy atom. The van der Waals surface area contributed by atoms with E-state index >= 15 is 0 Å². The molecule has 0 bridgehead atoms. The fourth-order valence-electron chi connectivity index (χ4n) is 1.21. The SMILES string of the molecule is CCS(=O)(=O)CCNc1c(Br)cncc1[N+](=O)[O-]. The van der Waals surface area contributed by atoms with Gasteiger partial charge in [-0.15, -0.1) is 0 Å². The molecule has 1 rings (SSSR count). The van der Waals surface area contributed by atoms with Crippen molar-refractivity contribution in [1.82, 2.24) is 4.98 Å². The molecule has 0 spiro atoms. The second-order valence-electron chi connectivity index (χ2n) is 3.44. The van der Waals surface area contributed by atoms with Crippen LogP contribution < -0.4 is 5.32 Å². The summed E-state index contributed by atoms with van der Waals surface area (Å²) in [6.45, 7) is 1.67. The van der Waals surface area contributed by atoms with E-state index in [0.717, 1.165) is 6.20 Å². The first kappa shape index (κ1) is 14.8. The van der Waals surface area contributed by atoms with Crippen molar-refractivity contribution < 1.29 is 13.3 Å². The quantitative estimate of drug-likeness (QED) is 0.624. The minimum atomic E-state index is -3.10. The van der Waals surface area contributed by atoms with Crippen LogP contribution in [0.1, 0.15) is 6.92 Å². The predicted molar refractivity (Wildman–Crippen MR) is 71.4 cm³/mol. The Bertz CT molecular complexity index is 547. The fourth-order valence-corrected chi connectivity index (χ4v) is 2.38. The first-order valence-electron chi connectivity index (χ1n) is 5.09. The summed E-state index contributed by atoms with van der Waals surface area (Å²) in [6.07, 6.45) is 2.52. The molecule has 0 atom stereocenters. The zero-order chi connectivity index (χ0) is 13.8. The van der Waals surface area contributed by atoms with Crippen LogP contribution in [0.15, 0.2) is 16.9 Å². The van der Waals surface area contributed by atoms with E-state index in [4.69, 9.17) is 0 Å². The lowest BCUT2D eigenvalue weighted by atomic mass is 10.3. The molecule has 0 saturated carbocycles. The fraction of sp³-hybridized carbons (Fsp3) is 0.444. The lowest BCUT2D eigenvalue weighted by molar-refractivity contribution is -0.384. The van der Waals surface area contributed by atoms with E-state index in [9.17, 15) is 18.5 Å². The number of aromatic nitrogens is 1. The molecule has 100 valence electrons. The van der Waals surface area contributed by atoms with Crippen LogP contribution in [0.5, 0.6) is 0 Å². The van der Waals surface area contributed by atoms with Crippen LogP contribution in [0.4, 0.5) is 11.4 Å². The first-order chi connectivity index (χ1) is 8.37. The Labute approximate surface area is 113 Å². The highest BCUT2D eigenvalue weighted by Gasteiger charge is 2.17. The Kier molecular flexibility index (Phi) is 5.03. The maximum absolute atomic E-state index is 11.3. The molecule has 0 aliphatic heterocycles. The molecule has 1 aromatic heterocycles. The molecular weight excluding hydrogens is 326 g/mol. The van der Waals surface area contributed by atoms with Crippen molar-refractivity contribution in [3.63, 3.8) is 0 Å². The number of rotatable bonds is 6. The normalized spacial score (nSPS) is 11.2. The molecule has 0 radical (unpaired) electrons. The average molecular weight is 338 g/mol. The second kappa shape index (κ2) is 6.10. The number of hydrogen-bond donors (Lipinski definition) is 1. The third kappa shape index (κ3) is 3.91. The molecule has 0 aromatic carbocycles. The minimum absolute atomic E-state index is 0.0499. The smallest absolute Gasteiger partial charge is 0.311 e. The van der Waals surface area contributed by atoms with Crippen LogP contribution >= 0.6 is 15.9 Å². The molecule has 0 fully saturated rings. The third-order valence-corrected chi connectivity index (χ3v) is 4.54. The van der Waals surface area contributed by atoms with Gasteiger partial charge in [-0.1, -0.05) is 6.92 Å². The van der Waals surface area contributed by atoms with Crippen molar-refractivity contribution in [3.8, 4) is 0 Å². The van der Waals surface area contributed by atoms with Gasteiger partial charge in [0.15, 0.2) is 9.84 Å². The number of anilines is 1. The van der Waals surface area contributed by atoms with Gasteiger partial charge in [0.2, 0.25) is 0 Å². The Hall–Kier alpha value is -1.22. The summed E-state index contributed by atoms with van der Waals surface area (Å²) >= 11 is 3.13. The van der Waals surface area contributed by atoms with E-state index in [1.807, 2.05) is 0 Å². The van der Waals surface area contributed by atoms with Crippen LogP contribution in [0.25, 0.3) is 0 Å². The van der Waals surface area contributed by atoms with Gasteiger partial charge < -0.3 is 5.32 Å². The first-order valence-corrected chi connectivity index (χ1v) is 7.71. The van der Waals surface area contributed by atoms with Gasteiger partial charge in [-0.3, -0.25) is 15.1 Å². The largest absolute Gasteiger partial charge is 0.377 e. The summed E-state index contributed by atoms with van der Waals surface area (Å²) in [7, 11) is -3.10. The van der Waals surface area contributed by atoms with Crippen LogP contribution in [-0.4, -0.2) is 36.4 Å². The highest BCUT2D eigenvalue weighted by atomic mass is 79.9. The van der Waals surface area contributed by atoms with Crippen molar-refractivity contribution >= 4 is 37.1 Å². The van der Waals surface area contributed by atoms with Crippen LogP contribution in [0.3, 0.4) is 0 Å². The van der Waals surface area contributed by atoms with Crippen molar-refractivity contribution in [2.45, 2.75) is 6.92 Å². The number of halogens is 1. The molecule has 0 amide bonds. The second-order valence-corrected chi connectivity index (χ2v) is 6.76. The summed E-state index contributed by atoms with van der Waals surface area (Å²) in [5, 5.41) is 13.5. The molecule has 1 heterocycles. The van der Waals surface area contributed by atoms with Crippen molar-refractivity contribution in [3.05, 3.63) is 27.0 Å². The standard InChI is InChI=1S/C9H12BrN3O4S/c1-2-18(16,17)4-3-12-9-7(10)5-11-6-8(9)13(14)15/h5-6H,2-4H2,1H3,(H,11,12). The van der Waals surface area contributed by atoms with E-state index in [-0.39, 0.29) is 29.4 Å².